The van der Waals surface area contributed by atoms with Gasteiger partial charge in [0.2, 0.25) is 5.95 Å². The fourth-order valence-corrected chi connectivity index (χ4v) is 3.40. The van der Waals surface area contributed by atoms with E-state index in [2.05, 4.69) is 21.4 Å². The molecule has 0 amide bonds. The maximum absolute atomic E-state index is 5.36. The summed E-state index contributed by atoms with van der Waals surface area (Å²) >= 11 is 1.66. The molecule has 3 aromatic heterocycles. The van der Waals surface area contributed by atoms with Crippen LogP contribution in [-0.2, 0) is 0 Å². The highest BCUT2D eigenvalue weighted by molar-refractivity contribution is 7.13. The third-order valence-electron chi connectivity index (χ3n) is 4.04. The lowest BCUT2D eigenvalue weighted by Crippen LogP contribution is -2.14. The van der Waals surface area contributed by atoms with Crippen molar-refractivity contribution in [3.05, 3.63) is 66.7 Å². The summed E-state index contributed by atoms with van der Waals surface area (Å²) in [4.78, 5) is 16.6. The number of aromatic nitrogens is 4. The van der Waals surface area contributed by atoms with Crippen LogP contribution in [0, 0.1) is 0 Å². The number of methoxy groups -OCH3 is 1. The Balaban J connectivity index is 0.00000210. The molecule has 0 atom stereocenters. The molecule has 0 fully saturated rings. The maximum Gasteiger partial charge on any atom is 0.236 e. The number of hydrogen-bond donors (Lipinski definition) is 0. The summed E-state index contributed by atoms with van der Waals surface area (Å²) in [5.41, 5.74) is 1.96. The van der Waals surface area contributed by atoms with Crippen LogP contribution in [0.15, 0.2) is 66.7 Å². The molecule has 8 heteroatoms. The van der Waals surface area contributed by atoms with E-state index < -0.39 is 0 Å². The zero-order valence-corrected chi connectivity index (χ0v) is 16.4. The minimum Gasteiger partial charge on any atom is -0.497 e. The predicted octanol–water partition coefficient (Wildman–Crippen LogP) is 4.59. The van der Waals surface area contributed by atoms with Crippen molar-refractivity contribution in [2.24, 2.45) is 0 Å². The van der Waals surface area contributed by atoms with Crippen LogP contribution in [0.3, 0.4) is 0 Å². The number of hydrogen-bond acceptors (Lipinski definition) is 6. The molecule has 0 aliphatic carbocycles. The van der Waals surface area contributed by atoms with Gasteiger partial charge in [-0.25, -0.2) is 9.97 Å². The Morgan fingerprint density at radius 3 is 2.78 bits per heavy atom. The first-order valence-electron chi connectivity index (χ1n) is 8.03. The first-order chi connectivity index (χ1) is 12.8. The number of imidazole rings is 1. The van der Waals surface area contributed by atoms with Crippen LogP contribution in [0.5, 0.6) is 5.75 Å². The minimum atomic E-state index is 0. The summed E-state index contributed by atoms with van der Waals surface area (Å²) in [5, 5.41) is 2.05. The summed E-state index contributed by atoms with van der Waals surface area (Å²) in [6, 6.07) is 12.0. The van der Waals surface area contributed by atoms with E-state index in [0.717, 1.165) is 27.7 Å². The normalized spacial score (nSPS) is 10.3. The van der Waals surface area contributed by atoms with Gasteiger partial charge in [-0.05, 0) is 23.6 Å². The van der Waals surface area contributed by atoms with Crippen LogP contribution >= 0.6 is 23.7 Å². The molecule has 0 aliphatic rings. The van der Waals surface area contributed by atoms with Crippen molar-refractivity contribution in [2.45, 2.75) is 0 Å². The zero-order valence-electron chi connectivity index (χ0n) is 14.8. The molecular formula is C19H18ClN5OS. The fourth-order valence-electron chi connectivity index (χ4n) is 2.67. The Morgan fingerprint density at radius 1 is 1.19 bits per heavy atom. The Hall–Kier alpha value is -2.90. The molecule has 0 saturated carbocycles. The molecule has 1 aromatic carbocycles. The lowest BCUT2D eigenvalue weighted by Gasteiger charge is -2.22. The third-order valence-corrected chi connectivity index (χ3v) is 4.94. The molecule has 0 unspecified atom stereocenters. The van der Waals surface area contributed by atoms with Gasteiger partial charge >= 0.3 is 0 Å². The van der Waals surface area contributed by atoms with Crippen molar-refractivity contribution >= 4 is 35.2 Å². The van der Waals surface area contributed by atoms with Crippen molar-refractivity contribution in [1.82, 2.24) is 19.5 Å². The summed E-state index contributed by atoms with van der Waals surface area (Å²) in [6.07, 6.45) is 7.09. The molecule has 4 rings (SSSR count). The molecule has 6 nitrogen and oxygen atoms in total. The fraction of sp³-hybridized carbons (Fsp3) is 0.105. The number of rotatable bonds is 5. The Kier molecular flexibility index (Phi) is 5.73. The average Bonchev–Trinajstić information content (AvgIpc) is 3.41. The lowest BCUT2D eigenvalue weighted by atomic mass is 10.2. The van der Waals surface area contributed by atoms with Gasteiger partial charge in [-0.2, -0.15) is 4.98 Å². The molecule has 0 radical (unpaired) electrons. The van der Waals surface area contributed by atoms with E-state index >= 15 is 0 Å². The second-order valence-corrected chi connectivity index (χ2v) is 6.56. The largest absolute Gasteiger partial charge is 0.497 e. The monoisotopic (exact) mass is 399 g/mol. The smallest absolute Gasteiger partial charge is 0.236 e. The maximum atomic E-state index is 5.36. The number of halogens is 1. The average molecular weight is 400 g/mol. The van der Waals surface area contributed by atoms with E-state index in [0.29, 0.717) is 5.95 Å². The van der Waals surface area contributed by atoms with Crippen LogP contribution in [0.4, 0.5) is 11.5 Å². The standard InChI is InChI=1S/C19H17N5OS.ClH/c1-23(14-5-3-6-15(11-14)25-2)18-16(17-7-4-10-26-17)12-21-19(22-18)24-9-8-20-13-24;/h3-13H,1-2H3;1H. The van der Waals surface area contributed by atoms with Crippen LogP contribution in [0.2, 0.25) is 0 Å². The van der Waals surface area contributed by atoms with Crippen LogP contribution in [0.25, 0.3) is 16.4 Å². The Labute approximate surface area is 167 Å². The number of ether oxygens (including phenoxy) is 1. The molecule has 3 heterocycles. The van der Waals surface area contributed by atoms with Crippen molar-refractivity contribution in [3.8, 4) is 22.1 Å². The van der Waals surface area contributed by atoms with E-state index in [1.165, 1.54) is 0 Å². The van der Waals surface area contributed by atoms with Crippen LogP contribution in [0.1, 0.15) is 0 Å². The lowest BCUT2D eigenvalue weighted by molar-refractivity contribution is 0.415. The van der Waals surface area contributed by atoms with Gasteiger partial charge < -0.3 is 9.64 Å². The van der Waals surface area contributed by atoms with Crippen molar-refractivity contribution < 1.29 is 4.74 Å². The number of anilines is 2. The highest BCUT2D eigenvalue weighted by Gasteiger charge is 2.16. The highest BCUT2D eigenvalue weighted by atomic mass is 35.5. The van der Waals surface area contributed by atoms with Gasteiger partial charge in [-0.1, -0.05) is 12.1 Å². The first kappa shape index (κ1) is 18.9. The molecule has 27 heavy (non-hydrogen) atoms. The van der Waals surface area contributed by atoms with Crippen molar-refractivity contribution in [1.29, 1.82) is 0 Å². The predicted molar refractivity (Wildman–Crippen MR) is 111 cm³/mol. The zero-order chi connectivity index (χ0) is 17.9. The van der Waals surface area contributed by atoms with E-state index in [1.807, 2.05) is 54.7 Å². The van der Waals surface area contributed by atoms with Gasteiger partial charge in [0, 0.05) is 42.3 Å². The van der Waals surface area contributed by atoms with E-state index in [9.17, 15) is 0 Å². The topological polar surface area (TPSA) is 56.1 Å². The number of nitrogens with zero attached hydrogens (tertiary/aromatic N) is 5. The van der Waals surface area contributed by atoms with E-state index in [1.54, 1.807) is 35.5 Å². The second kappa shape index (κ2) is 8.20. The summed E-state index contributed by atoms with van der Waals surface area (Å²) in [5.74, 6) is 2.20. The summed E-state index contributed by atoms with van der Waals surface area (Å²) in [7, 11) is 3.66. The van der Waals surface area contributed by atoms with Crippen molar-refractivity contribution in [3.63, 3.8) is 0 Å². The van der Waals surface area contributed by atoms with Gasteiger partial charge in [0.05, 0.1) is 12.7 Å². The molecule has 0 bridgehead atoms. The van der Waals surface area contributed by atoms with E-state index in [-0.39, 0.29) is 12.4 Å². The molecule has 0 saturated heterocycles. The van der Waals surface area contributed by atoms with Gasteiger partial charge in [0.1, 0.15) is 17.9 Å². The molecule has 4 aromatic rings. The van der Waals surface area contributed by atoms with Crippen LogP contribution in [-0.4, -0.2) is 33.7 Å². The second-order valence-electron chi connectivity index (χ2n) is 5.62. The van der Waals surface area contributed by atoms with Crippen LogP contribution < -0.4 is 9.64 Å². The van der Waals surface area contributed by atoms with Crippen molar-refractivity contribution in [2.75, 3.05) is 19.1 Å². The Bertz CT molecular complexity index is 1000. The quantitative estimate of drug-likeness (QED) is 0.491. The van der Waals surface area contributed by atoms with Gasteiger partial charge in [0.25, 0.3) is 0 Å². The number of benzene rings is 1. The molecule has 138 valence electrons. The van der Waals surface area contributed by atoms with Gasteiger partial charge in [-0.15, -0.1) is 23.7 Å². The van der Waals surface area contributed by atoms with Gasteiger partial charge in [-0.3, -0.25) is 4.57 Å². The van der Waals surface area contributed by atoms with E-state index in [4.69, 9.17) is 9.72 Å². The number of thiophene rings is 1. The minimum absolute atomic E-state index is 0. The molecular weight excluding hydrogens is 382 g/mol. The Morgan fingerprint density at radius 2 is 2.07 bits per heavy atom. The third kappa shape index (κ3) is 3.79. The highest BCUT2D eigenvalue weighted by Crippen LogP contribution is 2.35. The molecule has 0 aliphatic heterocycles. The molecule has 0 spiro atoms. The SMILES string of the molecule is COc1cccc(N(C)c2nc(-n3ccnc3)ncc2-c2cccs2)c1.Cl. The first-order valence-corrected chi connectivity index (χ1v) is 8.91. The molecule has 0 N–H and O–H groups in total. The van der Waals surface area contributed by atoms with Gasteiger partial charge in [0.15, 0.2) is 0 Å². The summed E-state index contributed by atoms with van der Waals surface area (Å²) in [6.45, 7) is 0. The summed E-state index contributed by atoms with van der Waals surface area (Å²) < 4.78 is 7.15.